The molecule has 1 fully saturated rings. The van der Waals surface area contributed by atoms with E-state index in [1.54, 1.807) is 10.6 Å². The van der Waals surface area contributed by atoms with Crippen LogP contribution in [0.15, 0.2) is 42.5 Å². The maximum absolute atomic E-state index is 12.7. The number of hydrogen-bond donors (Lipinski definition) is 2. The van der Waals surface area contributed by atoms with E-state index in [2.05, 4.69) is 15.4 Å². The maximum atomic E-state index is 12.7. The molecular weight excluding hydrogens is 371 g/mol. The number of pyridine rings is 1. The zero-order chi connectivity index (χ0) is 19.7. The highest BCUT2D eigenvalue weighted by Gasteiger charge is 2.30. The molecule has 2 heterocycles. The largest absolute Gasteiger partial charge is 0.474 e. The van der Waals surface area contributed by atoms with Crippen molar-refractivity contribution in [2.24, 2.45) is 5.73 Å². The van der Waals surface area contributed by atoms with Crippen LogP contribution >= 0.6 is 0 Å². The summed E-state index contributed by atoms with van der Waals surface area (Å²) in [5.41, 5.74) is 6.28. The van der Waals surface area contributed by atoms with Crippen molar-refractivity contribution in [3.05, 3.63) is 48.0 Å². The third-order valence-electron chi connectivity index (χ3n) is 4.80. The predicted molar refractivity (Wildman–Crippen MR) is 98.6 cm³/mol. The lowest BCUT2D eigenvalue weighted by Gasteiger charge is -2.26. The van der Waals surface area contributed by atoms with E-state index in [1.807, 2.05) is 12.1 Å². The molecule has 0 amide bonds. The molecule has 1 saturated carbocycles. The minimum atomic E-state index is -4.37. The smallest absolute Gasteiger partial charge is 0.416 e. The third kappa shape index (κ3) is 4.04. The van der Waals surface area contributed by atoms with Crippen LogP contribution in [0.4, 0.5) is 24.8 Å². The normalized spacial score (nSPS) is 20.3. The Hall–Kier alpha value is -2.81. The summed E-state index contributed by atoms with van der Waals surface area (Å²) in [4.78, 5) is 4.36. The molecule has 2 aromatic heterocycles. The van der Waals surface area contributed by atoms with Crippen molar-refractivity contribution in [3.63, 3.8) is 0 Å². The summed E-state index contributed by atoms with van der Waals surface area (Å²) in [6.45, 7) is 0. The molecule has 0 aliphatic heterocycles. The van der Waals surface area contributed by atoms with Crippen molar-refractivity contribution in [1.29, 1.82) is 0 Å². The van der Waals surface area contributed by atoms with Crippen LogP contribution in [0.3, 0.4) is 0 Å². The van der Waals surface area contributed by atoms with Crippen molar-refractivity contribution in [2.75, 3.05) is 5.32 Å². The van der Waals surface area contributed by atoms with Gasteiger partial charge in [0.2, 0.25) is 11.8 Å². The molecular formula is C19H20F3N5O. The van der Waals surface area contributed by atoms with Crippen molar-refractivity contribution in [2.45, 2.75) is 44.0 Å². The van der Waals surface area contributed by atoms with Crippen LogP contribution in [0.1, 0.15) is 31.2 Å². The van der Waals surface area contributed by atoms with Crippen LogP contribution < -0.4 is 15.8 Å². The minimum absolute atomic E-state index is 0.0842. The quantitative estimate of drug-likeness (QED) is 0.699. The molecule has 0 atom stereocenters. The van der Waals surface area contributed by atoms with Gasteiger partial charge in [-0.05, 0) is 56.0 Å². The monoisotopic (exact) mass is 391 g/mol. The van der Waals surface area contributed by atoms with E-state index in [9.17, 15) is 13.2 Å². The van der Waals surface area contributed by atoms with Crippen molar-refractivity contribution in [1.82, 2.24) is 14.6 Å². The van der Waals surface area contributed by atoms with Crippen molar-refractivity contribution >= 4 is 17.3 Å². The molecule has 1 aliphatic carbocycles. The van der Waals surface area contributed by atoms with Crippen LogP contribution in [0.25, 0.3) is 5.65 Å². The molecule has 3 N–H and O–H groups in total. The van der Waals surface area contributed by atoms with Gasteiger partial charge in [0.15, 0.2) is 5.65 Å². The molecule has 148 valence electrons. The van der Waals surface area contributed by atoms with Gasteiger partial charge in [-0.3, -0.25) is 0 Å². The first kappa shape index (κ1) is 18.5. The van der Waals surface area contributed by atoms with Crippen LogP contribution in [-0.2, 0) is 6.18 Å². The summed E-state index contributed by atoms with van der Waals surface area (Å²) in [7, 11) is 0. The van der Waals surface area contributed by atoms with E-state index in [0.717, 1.165) is 37.8 Å². The summed E-state index contributed by atoms with van der Waals surface area (Å²) < 4.78 is 45.7. The first-order valence-electron chi connectivity index (χ1n) is 9.11. The summed E-state index contributed by atoms with van der Waals surface area (Å²) in [6.07, 6.45) is -0.640. The Morgan fingerprint density at radius 2 is 1.75 bits per heavy atom. The fourth-order valence-corrected chi connectivity index (χ4v) is 3.27. The highest BCUT2D eigenvalue weighted by molar-refractivity contribution is 5.56. The van der Waals surface area contributed by atoms with Crippen LogP contribution in [0, 0.1) is 0 Å². The van der Waals surface area contributed by atoms with Gasteiger partial charge in [0, 0.05) is 17.8 Å². The lowest BCUT2D eigenvalue weighted by Crippen LogP contribution is -2.32. The summed E-state index contributed by atoms with van der Waals surface area (Å²) in [5, 5.41) is 7.31. The van der Waals surface area contributed by atoms with Gasteiger partial charge in [0.25, 0.3) is 0 Å². The number of anilines is 2. The Kier molecular flexibility index (Phi) is 4.84. The molecule has 1 aliphatic rings. The number of nitrogens with zero attached hydrogens (tertiary/aromatic N) is 3. The van der Waals surface area contributed by atoms with Crippen LogP contribution in [0.2, 0.25) is 0 Å². The topological polar surface area (TPSA) is 77.5 Å². The van der Waals surface area contributed by atoms with Gasteiger partial charge < -0.3 is 15.8 Å². The summed E-state index contributed by atoms with van der Waals surface area (Å²) in [5.74, 6) is 0.854. The number of nitrogens with two attached hydrogens (primary N) is 1. The molecule has 0 radical (unpaired) electrons. The van der Waals surface area contributed by atoms with E-state index < -0.39 is 11.7 Å². The second kappa shape index (κ2) is 7.31. The zero-order valence-corrected chi connectivity index (χ0v) is 15.0. The number of ether oxygens (including phenoxy) is 1. The lowest BCUT2D eigenvalue weighted by molar-refractivity contribution is -0.137. The highest BCUT2D eigenvalue weighted by Crippen LogP contribution is 2.30. The first-order chi connectivity index (χ1) is 13.4. The van der Waals surface area contributed by atoms with Crippen LogP contribution in [-0.4, -0.2) is 26.7 Å². The standard InChI is InChI=1S/C19H20F3N5O/c20-19(21,22)12-4-8-14(9-5-12)24-18-25-16-2-1-3-17(27(16)26-18)28-15-10-6-13(23)7-11-15/h1-5,8-9,13,15H,6-7,10-11,23H2,(H,24,26)/t13-,15+. The van der Waals surface area contributed by atoms with Gasteiger partial charge in [0.1, 0.15) is 6.10 Å². The highest BCUT2D eigenvalue weighted by atomic mass is 19.4. The lowest BCUT2D eigenvalue weighted by atomic mass is 9.94. The average Bonchev–Trinajstić information content (AvgIpc) is 3.07. The van der Waals surface area contributed by atoms with Gasteiger partial charge in [-0.1, -0.05) is 6.07 Å². The Morgan fingerprint density at radius 1 is 1.04 bits per heavy atom. The Balaban J connectivity index is 1.51. The number of alkyl halides is 3. The third-order valence-corrected chi connectivity index (χ3v) is 4.80. The SMILES string of the molecule is N[C@H]1CC[C@@H](Oc2cccc3nc(Nc4ccc(C(F)(F)F)cc4)nn23)CC1. The second-order valence-corrected chi connectivity index (χ2v) is 6.92. The molecule has 3 aromatic rings. The van der Waals surface area contributed by atoms with E-state index >= 15 is 0 Å². The number of fused-ring (bicyclic) bond motifs is 1. The number of aromatic nitrogens is 3. The Morgan fingerprint density at radius 3 is 2.43 bits per heavy atom. The Labute approximate surface area is 159 Å². The van der Waals surface area contributed by atoms with E-state index in [1.165, 1.54) is 12.1 Å². The Bertz CT molecular complexity index is 946. The molecule has 0 bridgehead atoms. The van der Waals surface area contributed by atoms with Gasteiger partial charge in [-0.25, -0.2) is 0 Å². The van der Waals surface area contributed by atoms with Gasteiger partial charge >= 0.3 is 6.18 Å². The number of rotatable bonds is 4. The molecule has 6 nitrogen and oxygen atoms in total. The van der Waals surface area contributed by atoms with Crippen LogP contribution in [0.5, 0.6) is 5.88 Å². The van der Waals surface area contributed by atoms with Gasteiger partial charge in [-0.15, -0.1) is 5.10 Å². The summed E-state index contributed by atoms with van der Waals surface area (Å²) in [6, 6.07) is 10.4. The number of hydrogen-bond acceptors (Lipinski definition) is 5. The number of halogens is 3. The van der Waals surface area contributed by atoms with Crippen molar-refractivity contribution < 1.29 is 17.9 Å². The van der Waals surface area contributed by atoms with E-state index in [0.29, 0.717) is 17.2 Å². The van der Waals surface area contributed by atoms with E-state index in [4.69, 9.17) is 10.5 Å². The molecule has 9 heteroatoms. The van der Waals surface area contributed by atoms with Gasteiger partial charge in [-0.2, -0.15) is 22.7 Å². The average molecular weight is 391 g/mol. The molecule has 4 rings (SSSR count). The molecule has 0 saturated heterocycles. The first-order valence-corrected chi connectivity index (χ1v) is 9.11. The maximum Gasteiger partial charge on any atom is 0.416 e. The minimum Gasteiger partial charge on any atom is -0.474 e. The van der Waals surface area contributed by atoms with Crippen molar-refractivity contribution in [3.8, 4) is 5.88 Å². The fraction of sp³-hybridized carbons (Fsp3) is 0.368. The van der Waals surface area contributed by atoms with E-state index in [-0.39, 0.29) is 18.1 Å². The van der Waals surface area contributed by atoms with Gasteiger partial charge in [0.05, 0.1) is 5.56 Å². The fourth-order valence-electron chi connectivity index (χ4n) is 3.27. The molecule has 1 aromatic carbocycles. The molecule has 0 unspecified atom stereocenters. The number of benzene rings is 1. The number of nitrogens with one attached hydrogen (secondary N) is 1. The molecule has 0 spiro atoms. The molecule has 28 heavy (non-hydrogen) atoms. The zero-order valence-electron chi connectivity index (χ0n) is 15.0. The predicted octanol–water partition coefficient (Wildman–Crippen LogP) is 4.14. The summed E-state index contributed by atoms with van der Waals surface area (Å²) >= 11 is 0. The second-order valence-electron chi connectivity index (χ2n) is 6.92.